The molecule has 3 aromatic rings. The lowest BCUT2D eigenvalue weighted by atomic mass is 10.00. The van der Waals surface area contributed by atoms with Gasteiger partial charge in [-0.15, -0.1) is 0 Å². The van der Waals surface area contributed by atoms with Crippen LogP contribution in [0.5, 0.6) is 0 Å². The summed E-state index contributed by atoms with van der Waals surface area (Å²) in [4.78, 5) is 38.9. The van der Waals surface area contributed by atoms with Crippen molar-refractivity contribution in [1.82, 2.24) is 20.3 Å². The van der Waals surface area contributed by atoms with Crippen LogP contribution in [0.2, 0.25) is 0 Å². The maximum absolute atomic E-state index is 14.0. The molecule has 0 unspecified atom stereocenters. The first-order valence-corrected chi connectivity index (χ1v) is 12.3. The number of carbonyl (C=O) groups is 1. The number of rotatable bonds is 5. The number of nitrogens with zero attached hydrogens (tertiary/aromatic N) is 4. The molecule has 1 amide bonds. The van der Waals surface area contributed by atoms with Crippen molar-refractivity contribution < 1.29 is 23.1 Å². The Morgan fingerprint density at radius 1 is 1.13 bits per heavy atom. The number of aryl methyl sites for hydroxylation is 1. The number of hydrogen-bond donors (Lipinski definition) is 1. The third-order valence-corrected chi connectivity index (χ3v) is 6.79. The minimum Gasteiger partial charge on any atom is -0.485 e. The van der Waals surface area contributed by atoms with Crippen molar-refractivity contribution in [3.05, 3.63) is 99.1 Å². The molecule has 8 nitrogen and oxygen atoms in total. The van der Waals surface area contributed by atoms with Crippen LogP contribution in [0.25, 0.3) is 11.4 Å². The van der Waals surface area contributed by atoms with Gasteiger partial charge in [0.25, 0.3) is 5.91 Å². The average Bonchev–Trinajstić information content (AvgIpc) is 3.12. The van der Waals surface area contributed by atoms with Gasteiger partial charge in [-0.2, -0.15) is 0 Å². The van der Waals surface area contributed by atoms with E-state index in [4.69, 9.17) is 21.3 Å². The molecule has 11 heteroatoms. The summed E-state index contributed by atoms with van der Waals surface area (Å²) in [7, 11) is 0. The highest BCUT2D eigenvalue weighted by Gasteiger charge is 2.37. The molecule has 0 atom stereocenters. The SMILES string of the molecule is CC1=CC(OCc2ncc(F)cc2F)=C(Cl)C(=C=O)N1c1cc(-c2ccc3c(n2)C(C)(C)NC3=O)ncc1C. The number of nitrogens with one attached hydrogen (secondary N) is 1. The van der Waals surface area contributed by atoms with E-state index >= 15 is 0 Å². The second-order valence-corrected chi connectivity index (χ2v) is 10.0. The van der Waals surface area contributed by atoms with Crippen molar-refractivity contribution in [3.8, 4) is 11.4 Å². The normalized spacial score (nSPS) is 16.1. The van der Waals surface area contributed by atoms with Crippen LogP contribution < -0.4 is 10.2 Å². The van der Waals surface area contributed by atoms with Gasteiger partial charge in [0, 0.05) is 24.0 Å². The van der Waals surface area contributed by atoms with Gasteiger partial charge in [0.15, 0.2) is 17.5 Å². The fourth-order valence-electron chi connectivity index (χ4n) is 4.48. The summed E-state index contributed by atoms with van der Waals surface area (Å²) in [6.45, 7) is 6.99. The molecule has 2 aliphatic heterocycles. The molecule has 39 heavy (non-hydrogen) atoms. The molecule has 2 aliphatic rings. The van der Waals surface area contributed by atoms with E-state index in [2.05, 4.69) is 15.3 Å². The molecular weight excluding hydrogens is 528 g/mol. The number of fused-ring (bicyclic) bond motifs is 1. The lowest BCUT2D eigenvalue weighted by Crippen LogP contribution is -2.33. The Morgan fingerprint density at radius 3 is 2.62 bits per heavy atom. The minimum atomic E-state index is -0.861. The van der Waals surface area contributed by atoms with Crippen molar-refractivity contribution in [1.29, 1.82) is 0 Å². The van der Waals surface area contributed by atoms with E-state index in [-0.39, 0.29) is 34.7 Å². The van der Waals surface area contributed by atoms with E-state index in [0.717, 1.165) is 11.8 Å². The predicted octanol–water partition coefficient (Wildman–Crippen LogP) is 5.21. The molecular formula is C28H22ClF2N5O3. The molecule has 0 spiro atoms. The number of anilines is 1. The molecule has 1 N–H and O–H groups in total. The van der Waals surface area contributed by atoms with E-state index in [0.29, 0.717) is 40.1 Å². The van der Waals surface area contributed by atoms with Gasteiger partial charge in [-0.05, 0) is 51.5 Å². The summed E-state index contributed by atoms with van der Waals surface area (Å²) in [5.41, 5.74) is 3.35. The maximum atomic E-state index is 14.0. The Balaban J connectivity index is 1.48. The summed E-state index contributed by atoms with van der Waals surface area (Å²) in [6.07, 6.45) is 4.13. The van der Waals surface area contributed by atoms with Crippen LogP contribution in [0, 0.1) is 18.6 Å². The van der Waals surface area contributed by atoms with Crippen molar-refractivity contribution in [2.24, 2.45) is 0 Å². The molecule has 0 saturated heterocycles. The third kappa shape index (κ3) is 4.69. The first kappa shape index (κ1) is 26.2. The number of halogens is 3. The molecule has 198 valence electrons. The second-order valence-electron chi connectivity index (χ2n) is 9.65. The van der Waals surface area contributed by atoms with Gasteiger partial charge in [-0.1, -0.05) is 11.6 Å². The van der Waals surface area contributed by atoms with Crippen LogP contribution in [0.3, 0.4) is 0 Å². The van der Waals surface area contributed by atoms with Gasteiger partial charge in [-0.25, -0.2) is 18.6 Å². The van der Waals surface area contributed by atoms with Crippen molar-refractivity contribution in [3.63, 3.8) is 0 Å². The average molecular weight is 550 g/mol. The van der Waals surface area contributed by atoms with Crippen molar-refractivity contribution >= 4 is 29.1 Å². The number of ether oxygens (including phenoxy) is 1. The summed E-state index contributed by atoms with van der Waals surface area (Å²) >= 11 is 6.54. The van der Waals surface area contributed by atoms with Gasteiger partial charge in [0.1, 0.15) is 28.9 Å². The Hall–Kier alpha value is -4.40. The minimum absolute atomic E-state index is 0.0164. The Labute approximate surface area is 227 Å². The number of aromatic nitrogens is 3. The van der Waals surface area contributed by atoms with Gasteiger partial charge >= 0.3 is 0 Å². The van der Waals surface area contributed by atoms with Gasteiger partial charge in [-0.3, -0.25) is 14.8 Å². The van der Waals surface area contributed by atoms with Crippen LogP contribution in [-0.2, 0) is 21.7 Å². The maximum Gasteiger partial charge on any atom is 0.253 e. The number of allylic oxidation sites excluding steroid dienone is 3. The smallest absolute Gasteiger partial charge is 0.253 e. The molecule has 0 fully saturated rings. The third-order valence-electron chi connectivity index (χ3n) is 6.42. The van der Waals surface area contributed by atoms with Crippen LogP contribution in [0.4, 0.5) is 14.5 Å². The number of amides is 1. The standard InChI is InChI=1S/C28H22ClF2N5O3/c1-14-10-32-20(19-6-5-17-26(34-19)28(3,4)35-27(17)38)9-22(14)36-15(2)7-24(25(29)23(36)12-37)39-13-21-18(31)8-16(30)11-33-21/h5-11H,13H2,1-4H3,(H,35,38). The zero-order chi connectivity index (χ0) is 28.1. The quantitative estimate of drug-likeness (QED) is 0.436. The molecule has 0 aliphatic carbocycles. The van der Waals surface area contributed by atoms with Gasteiger partial charge in [0.05, 0.1) is 40.1 Å². The van der Waals surface area contributed by atoms with E-state index in [1.54, 1.807) is 42.3 Å². The highest BCUT2D eigenvalue weighted by molar-refractivity contribution is 6.33. The second kappa shape index (κ2) is 9.72. The fraction of sp³-hybridized carbons (Fsp3) is 0.214. The summed E-state index contributed by atoms with van der Waals surface area (Å²) in [5, 5.41) is 2.86. The molecule has 0 aromatic carbocycles. The molecule has 3 aromatic heterocycles. The molecule has 5 rings (SSSR count). The van der Waals surface area contributed by atoms with E-state index in [1.165, 1.54) is 0 Å². The van der Waals surface area contributed by atoms with Crippen LogP contribution >= 0.6 is 11.6 Å². The highest BCUT2D eigenvalue weighted by atomic mass is 35.5. The predicted molar refractivity (Wildman–Crippen MR) is 140 cm³/mol. The van der Waals surface area contributed by atoms with Crippen LogP contribution in [0.15, 0.2) is 64.9 Å². The lowest BCUT2D eigenvalue weighted by Gasteiger charge is -2.31. The molecule has 0 bridgehead atoms. The van der Waals surface area contributed by atoms with E-state index in [1.807, 2.05) is 26.7 Å². The zero-order valence-electron chi connectivity index (χ0n) is 21.4. The van der Waals surface area contributed by atoms with Crippen molar-refractivity contribution in [2.75, 3.05) is 4.90 Å². The molecule has 0 radical (unpaired) electrons. The van der Waals surface area contributed by atoms with Crippen molar-refractivity contribution in [2.45, 2.75) is 39.8 Å². The largest absolute Gasteiger partial charge is 0.485 e. The van der Waals surface area contributed by atoms with Crippen LogP contribution in [-0.4, -0.2) is 26.8 Å². The van der Waals surface area contributed by atoms with Gasteiger partial charge in [0.2, 0.25) is 0 Å². The zero-order valence-corrected chi connectivity index (χ0v) is 22.2. The summed E-state index contributed by atoms with van der Waals surface area (Å²) in [5.74, 6) is 0.140. The monoisotopic (exact) mass is 549 g/mol. The lowest BCUT2D eigenvalue weighted by molar-refractivity contribution is 0.0940. The fourth-order valence-corrected chi connectivity index (χ4v) is 4.71. The van der Waals surface area contributed by atoms with E-state index in [9.17, 15) is 18.4 Å². The first-order valence-electron chi connectivity index (χ1n) is 11.9. The highest BCUT2D eigenvalue weighted by Crippen LogP contribution is 2.39. The Morgan fingerprint density at radius 2 is 1.90 bits per heavy atom. The van der Waals surface area contributed by atoms with E-state index < -0.39 is 17.2 Å². The molecule has 5 heterocycles. The Kier molecular flexibility index (Phi) is 6.54. The van der Waals surface area contributed by atoms with Gasteiger partial charge < -0.3 is 15.0 Å². The Bertz CT molecular complexity index is 1660. The summed E-state index contributed by atoms with van der Waals surface area (Å²) < 4.78 is 32.8. The number of carbonyl (C=O) groups excluding carboxylic acids is 2. The van der Waals surface area contributed by atoms with Crippen LogP contribution in [0.1, 0.15) is 48.1 Å². The molecule has 0 saturated carbocycles. The summed E-state index contributed by atoms with van der Waals surface area (Å²) in [6, 6.07) is 5.91. The topological polar surface area (TPSA) is 97.3 Å². The number of pyridine rings is 3. The first-order chi connectivity index (χ1) is 18.5. The number of hydrogen-bond acceptors (Lipinski definition) is 7.